The zero-order chi connectivity index (χ0) is 13.4. The van der Waals surface area contributed by atoms with Gasteiger partial charge in [0.2, 0.25) is 0 Å². The van der Waals surface area contributed by atoms with E-state index in [1.54, 1.807) is 0 Å². The largest absolute Gasteiger partial charge is 0.507 e. The van der Waals surface area contributed by atoms with Gasteiger partial charge in [0.25, 0.3) is 5.91 Å². The third kappa shape index (κ3) is 1.86. The van der Waals surface area contributed by atoms with Gasteiger partial charge in [-0.1, -0.05) is 0 Å². The summed E-state index contributed by atoms with van der Waals surface area (Å²) in [5.74, 6) is -0.647. The molecule has 7 heteroatoms. The second kappa shape index (κ2) is 4.02. The summed E-state index contributed by atoms with van der Waals surface area (Å²) in [5, 5.41) is 11.9. The van der Waals surface area contributed by atoms with Crippen molar-refractivity contribution in [3.8, 4) is 5.75 Å². The number of imide groups is 1. The van der Waals surface area contributed by atoms with Gasteiger partial charge in [-0.25, -0.2) is 9.59 Å². The molecule has 0 atom stereocenters. The summed E-state index contributed by atoms with van der Waals surface area (Å²) in [5.41, 5.74) is -1.05. The molecule has 7 nitrogen and oxygen atoms in total. The van der Waals surface area contributed by atoms with Gasteiger partial charge in [-0.05, 0) is 13.0 Å². The van der Waals surface area contributed by atoms with Crippen molar-refractivity contribution in [3.05, 3.63) is 33.5 Å². The van der Waals surface area contributed by atoms with Gasteiger partial charge in [-0.15, -0.1) is 0 Å². The summed E-state index contributed by atoms with van der Waals surface area (Å²) >= 11 is 0. The first kappa shape index (κ1) is 11.9. The monoisotopic (exact) mass is 250 g/mol. The molecule has 2 heterocycles. The molecule has 1 aliphatic rings. The summed E-state index contributed by atoms with van der Waals surface area (Å²) in [6, 6.07) is 0.654. The molecule has 1 fully saturated rings. The zero-order valence-electron chi connectivity index (χ0n) is 9.68. The molecule has 0 unspecified atom stereocenters. The number of amides is 3. The molecule has 0 aliphatic carbocycles. The summed E-state index contributed by atoms with van der Waals surface area (Å²) in [4.78, 5) is 35.1. The SMILES string of the molecule is Cc1cc(O)c(/C=C2\NC(=O)N(C)C2=O)c(=O)o1. The van der Waals surface area contributed by atoms with Crippen molar-refractivity contribution in [2.24, 2.45) is 0 Å². The molecule has 94 valence electrons. The van der Waals surface area contributed by atoms with Crippen LogP contribution in [0.1, 0.15) is 11.3 Å². The molecule has 0 aromatic carbocycles. The Morgan fingerprint density at radius 1 is 1.39 bits per heavy atom. The molecule has 3 amide bonds. The van der Waals surface area contributed by atoms with Crippen molar-refractivity contribution in [3.63, 3.8) is 0 Å². The Morgan fingerprint density at radius 2 is 2.06 bits per heavy atom. The molecule has 0 spiro atoms. The molecular formula is C11H10N2O5. The minimum absolute atomic E-state index is 0.0889. The standard InChI is InChI=1S/C11H10N2O5/c1-5-3-8(14)6(10(16)18-5)4-7-9(15)13(2)11(17)12-7/h3-4,14H,1-2H3,(H,12,17)/b7-4-. The van der Waals surface area contributed by atoms with Gasteiger partial charge in [0.1, 0.15) is 22.8 Å². The number of nitrogens with zero attached hydrogens (tertiary/aromatic N) is 1. The highest BCUT2D eigenvalue weighted by Crippen LogP contribution is 2.19. The maximum Gasteiger partial charge on any atom is 0.347 e. The Hall–Kier alpha value is -2.57. The molecule has 0 radical (unpaired) electrons. The number of hydrogen-bond donors (Lipinski definition) is 2. The lowest BCUT2D eigenvalue weighted by Gasteiger charge is -2.00. The van der Waals surface area contributed by atoms with Crippen LogP contribution < -0.4 is 10.9 Å². The van der Waals surface area contributed by atoms with Crippen LogP contribution in [0.2, 0.25) is 0 Å². The van der Waals surface area contributed by atoms with Crippen LogP contribution in [0.25, 0.3) is 6.08 Å². The van der Waals surface area contributed by atoms with Crippen LogP contribution in [0.4, 0.5) is 4.79 Å². The van der Waals surface area contributed by atoms with E-state index in [2.05, 4.69) is 5.32 Å². The molecular weight excluding hydrogens is 240 g/mol. The highest BCUT2D eigenvalue weighted by Gasteiger charge is 2.30. The molecule has 1 aromatic rings. The van der Waals surface area contributed by atoms with Crippen LogP contribution in [0.3, 0.4) is 0 Å². The van der Waals surface area contributed by atoms with Gasteiger partial charge in [0, 0.05) is 13.1 Å². The van der Waals surface area contributed by atoms with E-state index < -0.39 is 17.6 Å². The Balaban J connectivity index is 2.50. The summed E-state index contributed by atoms with van der Waals surface area (Å²) in [7, 11) is 1.30. The lowest BCUT2D eigenvalue weighted by atomic mass is 10.2. The predicted molar refractivity (Wildman–Crippen MR) is 60.7 cm³/mol. The molecule has 2 N–H and O–H groups in total. The number of aromatic hydroxyl groups is 1. The van der Waals surface area contributed by atoms with Crippen molar-refractivity contribution < 1.29 is 19.1 Å². The molecule has 0 saturated carbocycles. The van der Waals surface area contributed by atoms with Gasteiger partial charge in [0.05, 0.1) is 0 Å². The van der Waals surface area contributed by atoms with Crippen LogP contribution in [0, 0.1) is 6.92 Å². The van der Waals surface area contributed by atoms with E-state index >= 15 is 0 Å². The van der Waals surface area contributed by atoms with Crippen LogP contribution in [-0.2, 0) is 4.79 Å². The Kier molecular flexibility index (Phi) is 2.66. The van der Waals surface area contributed by atoms with Gasteiger partial charge in [0.15, 0.2) is 0 Å². The Bertz CT molecular complexity index is 629. The first-order chi connectivity index (χ1) is 8.40. The fourth-order valence-electron chi connectivity index (χ4n) is 1.51. The van der Waals surface area contributed by atoms with Crippen molar-refractivity contribution in [2.45, 2.75) is 6.92 Å². The van der Waals surface area contributed by atoms with Crippen molar-refractivity contribution >= 4 is 18.0 Å². The maximum absolute atomic E-state index is 11.6. The number of nitrogens with one attached hydrogen (secondary N) is 1. The van der Waals surface area contributed by atoms with Crippen LogP contribution in [0.15, 0.2) is 21.0 Å². The second-order valence-electron chi connectivity index (χ2n) is 3.80. The third-order valence-electron chi connectivity index (χ3n) is 2.46. The van der Waals surface area contributed by atoms with Crippen LogP contribution in [-0.4, -0.2) is 29.0 Å². The Labute approximate surface area is 101 Å². The van der Waals surface area contributed by atoms with E-state index in [-0.39, 0.29) is 22.8 Å². The minimum atomic E-state index is -0.781. The van der Waals surface area contributed by atoms with Crippen molar-refractivity contribution in [1.29, 1.82) is 0 Å². The molecule has 2 rings (SSSR count). The number of hydrogen-bond acceptors (Lipinski definition) is 5. The smallest absolute Gasteiger partial charge is 0.347 e. The van der Waals surface area contributed by atoms with Crippen molar-refractivity contribution in [1.82, 2.24) is 10.2 Å². The number of likely N-dealkylation sites (N-methyl/N-ethyl adjacent to an activating group) is 1. The Morgan fingerprint density at radius 3 is 2.56 bits per heavy atom. The van der Waals surface area contributed by atoms with E-state index in [0.29, 0.717) is 0 Å². The minimum Gasteiger partial charge on any atom is -0.507 e. The first-order valence-electron chi connectivity index (χ1n) is 5.04. The van der Waals surface area contributed by atoms with Gasteiger partial charge >= 0.3 is 11.7 Å². The summed E-state index contributed by atoms with van der Waals surface area (Å²) in [6.45, 7) is 1.51. The van der Waals surface area contributed by atoms with Crippen LogP contribution in [0.5, 0.6) is 5.75 Å². The number of urea groups is 1. The zero-order valence-corrected chi connectivity index (χ0v) is 9.68. The van der Waals surface area contributed by atoms with E-state index in [9.17, 15) is 19.5 Å². The molecule has 1 aromatic heterocycles. The molecule has 0 bridgehead atoms. The normalized spacial score (nSPS) is 17.4. The first-order valence-corrected chi connectivity index (χ1v) is 5.04. The average molecular weight is 250 g/mol. The van der Waals surface area contributed by atoms with E-state index in [4.69, 9.17) is 4.42 Å². The topological polar surface area (TPSA) is 99.9 Å². The van der Waals surface area contributed by atoms with E-state index in [1.807, 2.05) is 0 Å². The molecule has 18 heavy (non-hydrogen) atoms. The molecule has 1 saturated heterocycles. The maximum atomic E-state index is 11.6. The predicted octanol–water partition coefficient (Wildman–Crippen LogP) is 0.176. The fraction of sp³-hybridized carbons (Fsp3) is 0.182. The van der Waals surface area contributed by atoms with Crippen LogP contribution >= 0.6 is 0 Å². The second-order valence-corrected chi connectivity index (χ2v) is 3.80. The third-order valence-corrected chi connectivity index (χ3v) is 2.46. The fourth-order valence-corrected chi connectivity index (χ4v) is 1.51. The van der Waals surface area contributed by atoms with E-state index in [0.717, 1.165) is 11.0 Å². The van der Waals surface area contributed by atoms with E-state index in [1.165, 1.54) is 20.0 Å². The number of carbonyl (C=O) groups excluding carboxylic acids is 2. The lowest BCUT2D eigenvalue weighted by molar-refractivity contribution is -0.121. The number of carbonyl (C=O) groups is 2. The van der Waals surface area contributed by atoms with Gasteiger partial charge in [-0.2, -0.15) is 0 Å². The summed E-state index contributed by atoms with van der Waals surface area (Å²) in [6.07, 6.45) is 1.09. The van der Waals surface area contributed by atoms with Gasteiger partial charge in [-0.3, -0.25) is 9.69 Å². The van der Waals surface area contributed by atoms with Crippen molar-refractivity contribution in [2.75, 3.05) is 7.05 Å². The highest BCUT2D eigenvalue weighted by molar-refractivity contribution is 6.13. The average Bonchev–Trinajstić information content (AvgIpc) is 2.51. The number of rotatable bonds is 1. The number of aryl methyl sites for hydroxylation is 1. The summed E-state index contributed by atoms with van der Waals surface area (Å²) < 4.78 is 4.79. The quantitative estimate of drug-likeness (QED) is 0.547. The lowest BCUT2D eigenvalue weighted by Crippen LogP contribution is -2.25. The molecule has 1 aliphatic heterocycles. The highest BCUT2D eigenvalue weighted by atomic mass is 16.4. The van der Waals surface area contributed by atoms with Gasteiger partial charge < -0.3 is 14.8 Å².